The third-order valence-electron chi connectivity index (χ3n) is 5.14. The van der Waals surface area contributed by atoms with Crippen molar-refractivity contribution in [3.63, 3.8) is 0 Å². The van der Waals surface area contributed by atoms with Gasteiger partial charge in [0.25, 0.3) is 0 Å². The summed E-state index contributed by atoms with van der Waals surface area (Å²) < 4.78 is 5.22. The van der Waals surface area contributed by atoms with Crippen LogP contribution in [0.2, 0.25) is 0 Å². The highest BCUT2D eigenvalue weighted by molar-refractivity contribution is 14.0. The van der Waals surface area contributed by atoms with E-state index in [-0.39, 0.29) is 24.0 Å². The van der Waals surface area contributed by atoms with Crippen molar-refractivity contribution in [3.05, 3.63) is 17.0 Å². The molecule has 0 radical (unpaired) electrons. The Morgan fingerprint density at radius 2 is 2.12 bits per heavy atom. The lowest BCUT2D eigenvalue weighted by Crippen LogP contribution is -2.44. The van der Waals surface area contributed by atoms with Crippen LogP contribution < -0.4 is 10.6 Å². The zero-order valence-electron chi connectivity index (χ0n) is 15.8. The summed E-state index contributed by atoms with van der Waals surface area (Å²) in [7, 11) is 0. The molecule has 2 unspecified atom stereocenters. The number of nitrogens with zero attached hydrogens (tertiary/aromatic N) is 3. The topological polar surface area (TPSA) is 65.7 Å². The molecular weight excluding hydrogens is 429 g/mol. The van der Waals surface area contributed by atoms with Gasteiger partial charge in [-0.1, -0.05) is 5.16 Å². The molecule has 1 aliphatic heterocycles. The molecule has 2 N–H and O–H groups in total. The number of rotatable bonds is 6. The fraction of sp³-hybridized carbons (Fsp3) is 0.778. The molecule has 1 saturated carbocycles. The van der Waals surface area contributed by atoms with Crippen LogP contribution in [0.15, 0.2) is 9.52 Å². The van der Waals surface area contributed by atoms with Crippen LogP contribution >= 0.6 is 24.0 Å². The Labute approximate surface area is 168 Å². The first-order chi connectivity index (χ1) is 11.6. The third kappa shape index (κ3) is 5.32. The lowest BCUT2D eigenvalue weighted by molar-refractivity contribution is 0.256. The molecule has 0 amide bonds. The average molecular weight is 461 g/mol. The molecule has 7 heteroatoms. The number of guanidine groups is 1. The first-order valence-corrected chi connectivity index (χ1v) is 9.30. The van der Waals surface area contributed by atoms with Crippen molar-refractivity contribution in [1.82, 2.24) is 20.7 Å². The van der Waals surface area contributed by atoms with Crippen molar-refractivity contribution in [1.29, 1.82) is 0 Å². The molecule has 1 aromatic rings. The van der Waals surface area contributed by atoms with E-state index < -0.39 is 0 Å². The van der Waals surface area contributed by atoms with Crippen molar-refractivity contribution in [2.45, 2.75) is 71.5 Å². The second kappa shape index (κ2) is 9.21. The lowest BCUT2D eigenvalue weighted by atomic mass is 10.1. The highest BCUT2D eigenvalue weighted by Crippen LogP contribution is 2.33. The van der Waals surface area contributed by atoms with Gasteiger partial charge in [-0.05, 0) is 53.4 Å². The van der Waals surface area contributed by atoms with E-state index in [1.54, 1.807) is 0 Å². The minimum absolute atomic E-state index is 0. The summed E-state index contributed by atoms with van der Waals surface area (Å²) >= 11 is 0. The fourth-order valence-corrected chi connectivity index (χ4v) is 3.73. The van der Waals surface area contributed by atoms with Gasteiger partial charge >= 0.3 is 0 Å². The highest BCUT2D eigenvalue weighted by atomic mass is 127. The highest BCUT2D eigenvalue weighted by Gasteiger charge is 2.38. The van der Waals surface area contributed by atoms with Gasteiger partial charge < -0.3 is 15.2 Å². The molecule has 0 aromatic carbocycles. The molecule has 0 spiro atoms. The first kappa shape index (κ1) is 20.5. The number of aromatic nitrogens is 1. The Hall–Kier alpha value is -0.830. The van der Waals surface area contributed by atoms with Crippen LogP contribution in [0.25, 0.3) is 0 Å². The van der Waals surface area contributed by atoms with E-state index in [9.17, 15) is 0 Å². The minimum Gasteiger partial charge on any atom is -0.361 e. The van der Waals surface area contributed by atoms with E-state index >= 15 is 0 Å². The Kier molecular flexibility index (Phi) is 7.54. The summed E-state index contributed by atoms with van der Waals surface area (Å²) in [5, 5.41) is 11.0. The second-order valence-electron chi connectivity index (χ2n) is 7.17. The summed E-state index contributed by atoms with van der Waals surface area (Å²) in [6.07, 6.45) is 4.82. The summed E-state index contributed by atoms with van der Waals surface area (Å²) in [4.78, 5) is 7.41. The maximum atomic E-state index is 5.22. The Morgan fingerprint density at radius 3 is 2.72 bits per heavy atom. The molecule has 2 heterocycles. The van der Waals surface area contributed by atoms with Crippen molar-refractivity contribution < 1.29 is 4.52 Å². The van der Waals surface area contributed by atoms with E-state index in [4.69, 9.17) is 9.52 Å². The van der Waals surface area contributed by atoms with Crippen LogP contribution in [0.5, 0.6) is 0 Å². The van der Waals surface area contributed by atoms with Crippen LogP contribution in [-0.4, -0.2) is 53.8 Å². The number of hydrogen-bond acceptors (Lipinski definition) is 4. The zero-order valence-corrected chi connectivity index (χ0v) is 18.2. The molecule has 1 aromatic heterocycles. The van der Waals surface area contributed by atoms with E-state index in [1.807, 2.05) is 13.8 Å². The van der Waals surface area contributed by atoms with Gasteiger partial charge in [-0.2, -0.15) is 0 Å². The number of likely N-dealkylation sites (tertiary alicyclic amines) is 1. The summed E-state index contributed by atoms with van der Waals surface area (Å²) in [6, 6.07) is 2.02. The summed E-state index contributed by atoms with van der Waals surface area (Å²) in [5.41, 5.74) is 2.16. The minimum atomic E-state index is 0. The van der Waals surface area contributed by atoms with E-state index in [2.05, 4.69) is 34.5 Å². The van der Waals surface area contributed by atoms with E-state index in [0.29, 0.717) is 12.1 Å². The lowest BCUT2D eigenvalue weighted by Gasteiger charge is -2.20. The van der Waals surface area contributed by atoms with Gasteiger partial charge in [0.15, 0.2) is 5.96 Å². The van der Waals surface area contributed by atoms with Crippen LogP contribution in [0.4, 0.5) is 0 Å². The molecule has 3 rings (SSSR count). The predicted molar refractivity (Wildman–Crippen MR) is 112 cm³/mol. The van der Waals surface area contributed by atoms with Gasteiger partial charge in [0, 0.05) is 43.3 Å². The first-order valence-electron chi connectivity index (χ1n) is 9.30. The molecule has 25 heavy (non-hydrogen) atoms. The maximum Gasteiger partial charge on any atom is 0.191 e. The summed E-state index contributed by atoms with van der Waals surface area (Å²) in [5.74, 6) is 1.84. The largest absolute Gasteiger partial charge is 0.361 e. The monoisotopic (exact) mass is 461 g/mol. The maximum absolute atomic E-state index is 5.22. The van der Waals surface area contributed by atoms with Gasteiger partial charge in [-0.25, -0.2) is 0 Å². The normalized spacial score (nSPS) is 24.2. The second-order valence-corrected chi connectivity index (χ2v) is 7.17. The molecule has 1 aliphatic carbocycles. The molecular formula is C18H32IN5O. The number of hydrogen-bond donors (Lipinski definition) is 2. The van der Waals surface area contributed by atoms with Crippen LogP contribution in [0.3, 0.4) is 0 Å². The van der Waals surface area contributed by atoms with E-state index in [1.165, 1.54) is 24.8 Å². The Morgan fingerprint density at radius 1 is 1.36 bits per heavy atom. The van der Waals surface area contributed by atoms with Crippen LogP contribution in [0, 0.1) is 13.8 Å². The zero-order chi connectivity index (χ0) is 17.1. The Balaban J connectivity index is 0.00000225. The molecule has 6 nitrogen and oxygen atoms in total. The SMILES string of the molecule is CCNC(=NCCc1c(C)noc1C)NC1CC(C)N(C2CC2)C1.I. The molecule has 0 bridgehead atoms. The fourth-order valence-electron chi connectivity index (χ4n) is 3.73. The van der Waals surface area contributed by atoms with Crippen molar-refractivity contribution in [3.8, 4) is 0 Å². The van der Waals surface area contributed by atoms with Gasteiger partial charge in [-0.15, -0.1) is 24.0 Å². The average Bonchev–Trinajstić information content (AvgIpc) is 3.25. The molecule has 2 aliphatic rings. The summed E-state index contributed by atoms with van der Waals surface area (Å²) in [6.45, 7) is 11.2. The van der Waals surface area contributed by atoms with Crippen LogP contribution in [-0.2, 0) is 6.42 Å². The number of aliphatic imine (C=N–C) groups is 1. The van der Waals surface area contributed by atoms with E-state index in [0.717, 1.165) is 49.5 Å². The molecule has 142 valence electrons. The van der Waals surface area contributed by atoms with Gasteiger partial charge in [0.2, 0.25) is 0 Å². The predicted octanol–water partition coefficient (Wildman–Crippen LogP) is 2.63. The van der Waals surface area contributed by atoms with Crippen LogP contribution in [0.1, 0.15) is 50.1 Å². The standard InChI is InChI=1S/C18H31N5O.HI/c1-5-19-18(20-9-8-17-13(3)22-24-14(17)4)21-15-10-12(2)23(11-15)16-6-7-16;/h12,15-16H,5-11H2,1-4H3,(H2,19,20,21);1H. The van der Waals surface area contributed by atoms with Gasteiger partial charge in [0.05, 0.1) is 5.69 Å². The molecule has 1 saturated heterocycles. The molecule has 2 atom stereocenters. The number of aryl methyl sites for hydroxylation is 2. The van der Waals surface area contributed by atoms with Crippen molar-refractivity contribution >= 4 is 29.9 Å². The molecule has 2 fully saturated rings. The number of nitrogens with one attached hydrogen (secondary N) is 2. The van der Waals surface area contributed by atoms with Gasteiger partial charge in [0.1, 0.15) is 5.76 Å². The smallest absolute Gasteiger partial charge is 0.191 e. The van der Waals surface area contributed by atoms with Gasteiger partial charge in [-0.3, -0.25) is 9.89 Å². The van der Waals surface area contributed by atoms with Crippen molar-refractivity contribution in [2.24, 2.45) is 4.99 Å². The van der Waals surface area contributed by atoms with Crippen molar-refractivity contribution in [2.75, 3.05) is 19.6 Å². The quantitative estimate of drug-likeness (QED) is 0.388. The number of halogens is 1. The third-order valence-corrected chi connectivity index (χ3v) is 5.14. The Bertz CT molecular complexity index is 565.